The highest BCUT2D eigenvalue weighted by atomic mass is 33.5. The quantitative estimate of drug-likeness (QED) is 0.537. The van der Waals surface area contributed by atoms with Crippen molar-refractivity contribution >= 4 is 31.6 Å². The normalized spacial score (nSPS) is 24.2. The maximum absolute atomic E-state index is 2.51. The van der Waals surface area contributed by atoms with Crippen LogP contribution in [0.25, 0.3) is 0 Å². The van der Waals surface area contributed by atoms with Crippen molar-refractivity contribution in [1.82, 2.24) is 4.31 Å². The summed E-state index contributed by atoms with van der Waals surface area (Å²) in [5.74, 6) is 0. The van der Waals surface area contributed by atoms with Crippen LogP contribution in [-0.4, -0.2) is 23.7 Å². The van der Waals surface area contributed by atoms with E-state index in [0.29, 0.717) is 5.41 Å². The molecular formula is C9H19NS3. The van der Waals surface area contributed by atoms with Gasteiger partial charge in [-0.25, -0.2) is 4.31 Å². The van der Waals surface area contributed by atoms with Gasteiger partial charge in [0.2, 0.25) is 0 Å². The molecule has 1 aliphatic rings. The SMILES string of the molecule is CSSSN1CCCC(C)(C)CC1. The zero-order valence-corrected chi connectivity index (χ0v) is 11.2. The van der Waals surface area contributed by atoms with E-state index in [9.17, 15) is 0 Å². The number of nitrogens with zero attached hydrogens (tertiary/aromatic N) is 1. The number of rotatable bonds is 3. The van der Waals surface area contributed by atoms with Gasteiger partial charge in [0.15, 0.2) is 0 Å². The topological polar surface area (TPSA) is 3.24 Å². The van der Waals surface area contributed by atoms with Crippen LogP contribution < -0.4 is 0 Å². The fraction of sp³-hybridized carbons (Fsp3) is 1.00. The standard InChI is InChI=1S/C9H19NS3/c1-9(2)5-4-7-10(8-6-9)12-13-11-3/h4-8H2,1-3H3. The van der Waals surface area contributed by atoms with Gasteiger partial charge >= 0.3 is 0 Å². The van der Waals surface area contributed by atoms with Crippen LogP contribution in [0.1, 0.15) is 33.1 Å². The first-order valence-electron chi connectivity index (χ1n) is 4.76. The first-order valence-corrected chi connectivity index (χ1v) is 8.61. The first kappa shape index (κ1) is 12.1. The number of hydrogen-bond donors (Lipinski definition) is 0. The van der Waals surface area contributed by atoms with Crippen molar-refractivity contribution in [2.75, 3.05) is 19.3 Å². The summed E-state index contributed by atoms with van der Waals surface area (Å²) in [7, 11) is 5.65. The van der Waals surface area contributed by atoms with Crippen molar-refractivity contribution in [3.63, 3.8) is 0 Å². The van der Waals surface area contributed by atoms with Crippen molar-refractivity contribution in [2.24, 2.45) is 5.41 Å². The van der Waals surface area contributed by atoms with E-state index >= 15 is 0 Å². The Bertz CT molecular complexity index is 150. The van der Waals surface area contributed by atoms with Gasteiger partial charge in [-0.2, -0.15) is 0 Å². The van der Waals surface area contributed by atoms with Crippen LogP contribution in [0.5, 0.6) is 0 Å². The van der Waals surface area contributed by atoms with Gasteiger partial charge in [-0.15, -0.1) is 0 Å². The van der Waals surface area contributed by atoms with Gasteiger partial charge in [0.25, 0.3) is 0 Å². The highest BCUT2D eigenvalue weighted by Gasteiger charge is 2.23. The van der Waals surface area contributed by atoms with E-state index in [-0.39, 0.29) is 0 Å². The Balaban J connectivity index is 2.28. The molecule has 1 fully saturated rings. The van der Waals surface area contributed by atoms with E-state index in [1.165, 1.54) is 32.4 Å². The molecule has 1 heterocycles. The summed E-state index contributed by atoms with van der Waals surface area (Å²) in [4.78, 5) is 0. The van der Waals surface area contributed by atoms with Crippen LogP contribution in [0.3, 0.4) is 0 Å². The Kier molecular flexibility index (Phi) is 5.38. The summed E-state index contributed by atoms with van der Waals surface area (Å²) in [5.41, 5.74) is 0.569. The molecule has 0 unspecified atom stereocenters. The average Bonchev–Trinajstić information content (AvgIpc) is 2.23. The Morgan fingerprint density at radius 1 is 1.15 bits per heavy atom. The second kappa shape index (κ2) is 5.79. The summed E-state index contributed by atoms with van der Waals surface area (Å²) in [5, 5.41) is 0. The second-order valence-electron chi connectivity index (χ2n) is 4.26. The molecule has 1 rings (SSSR count). The van der Waals surface area contributed by atoms with Crippen molar-refractivity contribution in [3.05, 3.63) is 0 Å². The van der Waals surface area contributed by atoms with E-state index in [0.717, 1.165) is 0 Å². The molecule has 1 nitrogen and oxygen atoms in total. The van der Waals surface area contributed by atoms with Gasteiger partial charge in [-0.3, -0.25) is 0 Å². The van der Waals surface area contributed by atoms with Gasteiger partial charge < -0.3 is 0 Å². The Morgan fingerprint density at radius 2 is 1.92 bits per heavy atom. The fourth-order valence-corrected chi connectivity index (χ4v) is 4.27. The Hall–Kier alpha value is 1.01. The van der Waals surface area contributed by atoms with Gasteiger partial charge in [0.05, 0.1) is 0 Å². The molecule has 0 atom stereocenters. The highest BCUT2D eigenvalue weighted by Crippen LogP contribution is 2.38. The summed E-state index contributed by atoms with van der Waals surface area (Å²) in [6, 6.07) is 0. The smallest absolute Gasteiger partial charge is 0.0103 e. The van der Waals surface area contributed by atoms with E-state index in [1.54, 1.807) is 0 Å². The average molecular weight is 237 g/mol. The van der Waals surface area contributed by atoms with E-state index in [2.05, 4.69) is 24.4 Å². The lowest BCUT2D eigenvalue weighted by Gasteiger charge is -2.22. The lowest BCUT2D eigenvalue weighted by Crippen LogP contribution is -2.17. The molecule has 1 aliphatic heterocycles. The largest absolute Gasteiger partial charge is 0.241 e. The van der Waals surface area contributed by atoms with Crippen LogP contribution in [0.4, 0.5) is 0 Å². The molecule has 0 bridgehead atoms. The molecule has 0 aromatic carbocycles. The maximum Gasteiger partial charge on any atom is 0.0103 e. The molecule has 0 N–H and O–H groups in total. The highest BCUT2D eigenvalue weighted by molar-refractivity contribution is 9.08. The molecule has 0 aliphatic carbocycles. The van der Waals surface area contributed by atoms with Gasteiger partial charge in [0, 0.05) is 24.1 Å². The molecular weight excluding hydrogens is 218 g/mol. The molecule has 4 heteroatoms. The predicted molar refractivity (Wildman–Crippen MR) is 67.9 cm³/mol. The molecule has 0 aromatic rings. The van der Waals surface area contributed by atoms with Crippen LogP contribution >= 0.6 is 31.6 Å². The third-order valence-corrected chi connectivity index (χ3v) is 6.27. The minimum atomic E-state index is 0.569. The van der Waals surface area contributed by atoms with Crippen LogP contribution in [0, 0.1) is 5.41 Å². The van der Waals surface area contributed by atoms with Crippen molar-refractivity contribution < 1.29 is 0 Å². The minimum absolute atomic E-state index is 0.569. The van der Waals surface area contributed by atoms with Gasteiger partial charge in [0.1, 0.15) is 0 Å². The fourth-order valence-electron chi connectivity index (χ4n) is 1.55. The second-order valence-corrected chi connectivity index (χ2v) is 8.47. The summed E-state index contributed by atoms with van der Waals surface area (Å²) < 4.78 is 2.51. The summed E-state index contributed by atoms with van der Waals surface area (Å²) >= 11 is 0. The maximum atomic E-state index is 2.51. The van der Waals surface area contributed by atoms with Crippen molar-refractivity contribution in [1.29, 1.82) is 0 Å². The zero-order chi connectivity index (χ0) is 9.73. The molecule has 0 aromatic heterocycles. The van der Waals surface area contributed by atoms with Gasteiger partial charge in [-0.05, 0) is 40.8 Å². The van der Waals surface area contributed by atoms with Crippen molar-refractivity contribution in [2.45, 2.75) is 33.1 Å². The third kappa shape index (κ3) is 4.86. The molecule has 0 amide bonds. The lowest BCUT2D eigenvalue weighted by molar-refractivity contribution is 0.318. The summed E-state index contributed by atoms with van der Waals surface area (Å²) in [6.07, 6.45) is 6.22. The molecule has 78 valence electrons. The Labute approximate surface area is 93.7 Å². The van der Waals surface area contributed by atoms with Crippen LogP contribution in [0.2, 0.25) is 0 Å². The van der Waals surface area contributed by atoms with Crippen LogP contribution in [-0.2, 0) is 0 Å². The van der Waals surface area contributed by atoms with E-state index < -0.39 is 0 Å². The molecule has 13 heavy (non-hydrogen) atoms. The zero-order valence-electron chi connectivity index (χ0n) is 8.71. The monoisotopic (exact) mass is 237 g/mol. The van der Waals surface area contributed by atoms with Crippen LogP contribution in [0.15, 0.2) is 0 Å². The van der Waals surface area contributed by atoms with E-state index in [4.69, 9.17) is 0 Å². The first-order chi connectivity index (χ1) is 6.14. The van der Waals surface area contributed by atoms with Gasteiger partial charge in [-0.1, -0.05) is 24.6 Å². The molecule has 0 radical (unpaired) electrons. The van der Waals surface area contributed by atoms with Crippen molar-refractivity contribution in [3.8, 4) is 0 Å². The van der Waals surface area contributed by atoms with E-state index in [1.807, 2.05) is 31.6 Å². The minimum Gasteiger partial charge on any atom is -0.241 e. The third-order valence-electron chi connectivity index (χ3n) is 2.50. The molecule has 0 saturated carbocycles. The summed E-state index contributed by atoms with van der Waals surface area (Å²) in [6.45, 7) is 7.30. The molecule has 1 saturated heterocycles. The number of hydrogen-bond acceptors (Lipinski definition) is 4. The molecule has 0 spiro atoms. The predicted octanol–water partition coefficient (Wildman–Crippen LogP) is 4.07. The Morgan fingerprint density at radius 3 is 2.62 bits per heavy atom. The lowest BCUT2D eigenvalue weighted by atomic mass is 9.85.